The minimum Gasteiger partial charge on any atom is -0.479 e. The molecule has 2 unspecified atom stereocenters. The van der Waals surface area contributed by atoms with Gasteiger partial charge in [-0.3, -0.25) is 9.30 Å². The van der Waals surface area contributed by atoms with Crippen molar-refractivity contribution in [3.05, 3.63) is 84.9 Å². The second-order valence-electron chi connectivity index (χ2n) is 8.80. The molecule has 4 rings (SSSR count). The van der Waals surface area contributed by atoms with Crippen molar-refractivity contribution in [3.63, 3.8) is 0 Å². The third kappa shape index (κ3) is 7.63. The highest BCUT2D eigenvalue weighted by Gasteiger charge is 2.35. The van der Waals surface area contributed by atoms with E-state index in [0.29, 0.717) is 5.88 Å². The minimum absolute atomic E-state index is 0.0945. The zero-order valence-electron chi connectivity index (χ0n) is 23.4. The standard InChI is InChI=1S/C26H30N4O2.C3H8.C2H6/c1-4-6-10-19(5-2)14-29-15-21(18-31)22(16-29)23-17-30-24(26(28-23)32-3)13-27-25(30)20-11-8-7-9-12-20;1-3-2;1-2/h4-13,17,21-22,31H,2,14-16,18H2,1,3H3;3H2,1-2H3;1-2H3/b6-4-,19-10+;;. The third-order valence-electron chi connectivity index (χ3n) is 6.04. The quantitative estimate of drug-likeness (QED) is 0.353. The molecule has 1 saturated heterocycles. The minimum atomic E-state index is 0.0945. The molecule has 0 spiro atoms. The zero-order chi connectivity index (χ0) is 27.2. The molecule has 1 fully saturated rings. The summed E-state index contributed by atoms with van der Waals surface area (Å²) in [6, 6.07) is 10.1. The number of fused-ring (bicyclic) bond motifs is 1. The van der Waals surface area contributed by atoms with Crippen LogP contribution < -0.4 is 4.74 Å². The third-order valence-corrected chi connectivity index (χ3v) is 6.04. The summed E-state index contributed by atoms with van der Waals surface area (Å²) in [5.41, 5.74) is 3.92. The number of benzene rings is 1. The molecule has 0 amide bonds. The van der Waals surface area contributed by atoms with Crippen molar-refractivity contribution in [2.75, 3.05) is 33.4 Å². The van der Waals surface area contributed by atoms with Gasteiger partial charge in [0.2, 0.25) is 5.88 Å². The molecule has 0 bridgehead atoms. The number of hydrogen-bond donors (Lipinski definition) is 1. The number of imidazole rings is 1. The van der Waals surface area contributed by atoms with E-state index in [-0.39, 0.29) is 18.4 Å². The number of aliphatic hydroxyl groups is 1. The fraction of sp³-hybridized carbons (Fsp3) is 0.419. The van der Waals surface area contributed by atoms with Crippen LogP contribution in [-0.2, 0) is 0 Å². The van der Waals surface area contributed by atoms with Gasteiger partial charge in [-0.05, 0) is 12.5 Å². The molecule has 0 saturated carbocycles. The van der Waals surface area contributed by atoms with E-state index in [1.54, 1.807) is 13.3 Å². The van der Waals surface area contributed by atoms with Crippen LogP contribution in [0.2, 0.25) is 0 Å². The Labute approximate surface area is 223 Å². The van der Waals surface area contributed by atoms with Crippen LogP contribution in [0.25, 0.3) is 16.9 Å². The molecule has 6 heteroatoms. The summed E-state index contributed by atoms with van der Waals surface area (Å²) in [5, 5.41) is 10.1. The maximum atomic E-state index is 10.1. The van der Waals surface area contributed by atoms with E-state index in [1.165, 1.54) is 6.42 Å². The molecule has 1 aromatic carbocycles. The normalized spacial score (nSPS) is 17.8. The molecular formula is C31H44N4O2. The number of hydrogen-bond acceptors (Lipinski definition) is 5. The highest BCUT2D eigenvalue weighted by Crippen LogP contribution is 2.34. The first kappa shape index (κ1) is 30.0. The maximum absolute atomic E-state index is 10.1. The van der Waals surface area contributed by atoms with Gasteiger partial charge in [-0.15, -0.1) is 0 Å². The molecule has 0 aliphatic carbocycles. The Balaban J connectivity index is 0.000000898. The van der Waals surface area contributed by atoms with E-state index in [2.05, 4.69) is 40.8 Å². The summed E-state index contributed by atoms with van der Waals surface area (Å²) in [6.07, 6.45) is 13.1. The first-order valence-corrected chi connectivity index (χ1v) is 13.3. The number of aromatic nitrogens is 3. The Morgan fingerprint density at radius 3 is 2.49 bits per heavy atom. The molecule has 1 N–H and O–H groups in total. The predicted molar refractivity (Wildman–Crippen MR) is 155 cm³/mol. The molecular weight excluding hydrogens is 460 g/mol. The zero-order valence-corrected chi connectivity index (χ0v) is 23.4. The number of aliphatic hydroxyl groups excluding tert-OH is 1. The van der Waals surface area contributed by atoms with Gasteiger partial charge in [-0.25, -0.2) is 9.97 Å². The van der Waals surface area contributed by atoms with Crippen molar-refractivity contribution in [1.29, 1.82) is 0 Å². The monoisotopic (exact) mass is 504 g/mol. The van der Waals surface area contributed by atoms with E-state index in [9.17, 15) is 5.11 Å². The van der Waals surface area contributed by atoms with Crippen molar-refractivity contribution in [2.24, 2.45) is 5.92 Å². The lowest BCUT2D eigenvalue weighted by molar-refractivity contribution is 0.216. The fourth-order valence-electron chi connectivity index (χ4n) is 4.39. The number of likely N-dealkylation sites (tertiary alicyclic amines) is 1. The Hall–Kier alpha value is -3.22. The number of methoxy groups -OCH3 is 1. The van der Waals surface area contributed by atoms with E-state index in [0.717, 1.165) is 47.8 Å². The van der Waals surface area contributed by atoms with Crippen LogP contribution in [-0.4, -0.2) is 57.7 Å². The van der Waals surface area contributed by atoms with Crippen LogP contribution in [0.15, 0.2) is 79.2 Å². The van der Waals surface area contributed by atoms with Gasteiger partial charge < -0.3 is 9.84 Å². The predicted octanol–water partition coefficient (Wildman–Crippen LogP) is 6.54. The average molecular weight is 505 g/mol. The molecule has 2 atom stereocenters. The fourth-order valence-corrected chi connectivity index (χ4v) is 4.39. The van der Waals surface area contributed by atoms with Gasteiger partial charge in [-0.1, -0.05) is 95.3 Å². The summed E-state index contributed by atoms with van der Waals surface area (Å²) < 4.78 is 7.67. The van der Waals surface area contributed by atoms with Gasteiger partial charge in [0.25, 0.3) is 0 Å². The summed E-state index contributed by atoms with van der Waals surface area (Å²) in [6.45, 7) is 16.7. The van der Waals surface area contributed by atoms with Crippen LogP contribution in [0.4, 0.5) is 0 Å². The topological polar surface area (TPSA) is 62.9 Å². The van der Waals surface area contributed by atoms with Gasteiger partial charge in [0.05, 0.1) is 19.0 Å². The Morgan fingerprint density at radius 2 is 1.89 bits per heavy atom. The molecule has 3 heterocycles. The lowest BCUT2D eigenvalue weighted by Gasteiger charge is -2.18. The van der Waals surface area contributed by atoms with Crippen molar-refractivity contribution >= 4 is 5.52 Å². The molecule has 37 heavy (non-hydrogen) atoms. The van der Waals surface area contributed by atoms with Gasteiger partial charge in [0.1, 0.15) is 11.3 Å². The van der Waals surface area contributed by atoms with Crippen LogP contribution in [0.5, 0.6) is 5.88 Å². The summed E-state index contributed by atoms with van der Waals surface area (Å²) in [5.74, 6) is 1.59. The van der Waals surface area contributed by atoms with E-state index >= 15 is 0 Å². The SMILES string of the molecule is C=C/C(=C\C=C/C)CN1CC(CO)C(c2cn3c(-c4ccccc4)ncc3c(OC)n2)C1.CC.CCC. The first-order valence-electron chi connectivity index (χ1n) is 13.3. The molecule has 1 aliphatic rings. The van der Waals surface area contributed by atoms with Crippen molar-refractivity contribution in [2.45, 2.75) is 47.0 Å². The van der Waals surface area contributed by atoms with Crippen molar-refractivity contribution in [1.82, 2.24) is 19.3 Å². The number of nitrogens with zero attached hydrogens (tertiary/aromatic N) is 4. The lowest BCUT2D eigenvalue weighted by atomic mass is 9.94. The van der Waals surface area contributed by atoms with Gasteiger partial charge >= 0.3 is 0 Å². The molecule has 3 aromatic rings. The average Bonchev–Trinajstić information content (AvgIpc) is 3.56. The van der Waals surface area contributed by atoms with Crippen LogP contribution >= 0.6 is 0 Å². The smallest absolute Gasteiger partial charge is 0.240 e. The first-order chi connectivity index (χ1) is 18.1. The maximum Gasteiger partial charge on any atom is 0.240 e. The molecule has 0 radical (unpaired) electrons. The number of rotatable bonds is 8. The van der Waals surface area contributed by atoms with E-state index in [1.807, 2.05) is 75.5 Å². The molecule has 1 aliphatic heterocycles. The second-order valence-corrected chi connectivity index (χ2v) is 8.80. The van der Waals surface area contributed by atoms with Gasteiger partial charge in [-0.2, -0.15) is 0 Å². The van der Waals surface area contributed by atoms with E-state index < -0.39 is 0 Å². The summed E-state index contributed by atoms with van der Waals surface area (Å²) in [4.78, 5) is 11.8. The Bertz CT molecular complexity index is 1150. The van der Waals surface area contributed by atoms with Crippen LogP contribution in [0, 0.1) is 5.92 Å². The highest BCUT2D eigenvalue weighted by atomic mass is 16.5. The summed E-state index contributed by atoms with van der Waals surface area (Å²) >= 11 is 0. The Morgan fingerprint density at radius 1 is 1.19 bits per heavy atom. The van der Waals surface area contributed by atoms with Crippen LogP contribution in [0.3, 0.4) is 0 Å². The number of ether oxygens (including phenoxy) is 1. The lowest BCUT2D eigenvalue weighted by Crippen LogP contribution is -2.23. The van der Waals surface area contributed by atoms with Crippen LogP contribution in [0.1, 0.15) is 52.7 Å². The molecule has 200 valence electrons. The molecule has 6 nitrogen and oxygen atoms in total. The number of allylic oxidation sites excluding steroid dienone is 3. The van der Waals surface area contributed by atoms with Gasteiger partial charge in [0, 0.05) is 49.8 Å². The second kappa shape index (κ2) is 15.8. The molecule has 2 aromatic heterocycles. The Kier molecular flexibility index (Phi) is 12.8. The van der Waals surface area contributed by atoms with Gasteiger partial charge in [0.15, 0.2) is 0 Å². The summed E-state index contributed by atoms with van der Waals surface area (Å²) in [7, 11) is 1.63. The van der Waals surface area contributed by atoms with Crippen molar-refractivity contribution < 1.29 is 9.84 Å². The van der Waals surface area contributed by atoms with Crippen molar-refractivity contribution in [3.8, 4) is 17.3 Å². The van der Waals surface area contributed by atoms with E-state index in [4.69, 9.17) is 9.72 Å². The largest absolute Gasteiger partial charge is 0.479 e. The highest BCUT2D eigenvalue weighted by molar-refractivity contribution is 5.66.